The molecule has 6 rings (SSSR count). The van der Waals surface area contributed by atoms with Crippen molar-refractivity contribution in [3.63, 3.8) is 0 Å². The van der Waals surface area contributed by atoms with Crippen molar-refractivity contribution in [2.45, 2.75) is 116 Å². The van der Waals surface area contributed by atoms with E-state index in [0.717, 1.165) is 63.5 Å². The van der Waals surface area contributed by atoms with Crippen molar-refractivity contribution >= 4 is 11.9 Å². The normalized spacial score (nSPS) is 53.1. The molecule has 0 aromatic rings. The third-order valence-corrected chi connectivity index (χ3v) is 12.7. The van der Waals surface area contributed by atoms with Crippen molar-refractivity contribution in [3.8, 4) is 0 Å². The first-order valence-corrected chi connectivity index (χ1v) is 15.3. The molecular weight excluding hydrogens is 466 g/mol. The maximum absolute atomic E-state index is 12.6. The molecule has 208 valence electrons. The molecule has 0 amide bonds. The zero-order valence-electron chi connectivity index (χ0n) is 23.7. The van der Waals surface area contributed by atoms with Crippen LogP contribution in [0.4, 0.5) is 0 Å². The predicted octanol–water partition coefficient (Wildman–Crippen LogP) is 4.82. The van der Waals surface area contributed by atoms with Gasteiger partial charge in [0.2, 0.25) is 0 Å². The predicted molar refractivity (Wildman–Crippen MR) is 140 cm³/mol. The number of carbonyl (C=O) groups excluding carboxylic acids is 2. The Bertz CT molecular complexity index is 921. The topological polar surface area (TPSA) is 76.1 Å². The average molecular weight is 516 g/mol. The monoisotopic (exact) mass is 515 g/mol. The Morgan fingerprint density at radius 1 is 0.811 bits per heavy atom. The summed E-state index contributed by atoms with van der Waals surface area (Å²) in [5, 5.41) is 12.6. The number of esters is 2. The molecule has 6 nitrogen and oxygen atoms in total. The highest BCUT2D eigenvalue weighted by Gasteiger charge is 2.68. The minimum atomic E-state index is -0.654. The lowest BCUT2D eigenvalue weighted by atomic mass is 9.50. The van der Waals surface area contributed by atoms with Crippen molar-refractivity contribution in [2.75, 3.05) is 13.1 Å². The summed E-state index contributed by atoms with van der Waals surface area (Å²) in [5.74, 6) is 3.41. The number of hydrogen-bond donors (Lipinski definition) is 1. The van der Waals surface area contributed by atoms with E-state index in [2.05, 4.69) is 25.7 Å². The van der Waals surface area contributed by atoms with Gasteiger partial charge in [-0.2, -0.15) is 0 Å². The Kier molecular flexibility index (Phi) is 6.50. The van der Waals surface area contributed by atoms with Gasteiger partial charge in [0.15, 0.2) is 0 Å². The zero-order valence-corrected chi connectivity index (χ0v) is 23.7. The van der Waals surface area contributed by atoms with Crippen LogP contribution in [0.2, 0.25) is 0 Å². The fourth-order valence-corrected chi connectivity index (χ4v) is 11.2. The van der Waals surface area contributed by atoms with E-state index in [1.165, 1.54) is 33.2 Å². The lowest BCUT2D eigenvalue weighted by Gasteiger charge is -2.59. The van der Waals surface area contributed by atoms with E-state index >= 15 is 0 Å². The zero-order chi connectivity index (χ0) is 26.3. The molecule has 2 heterocycles. The molecule has 2 saturated heterocycles. The van der Waals surface area contributed by atoms with Gasteiger partial charge in [-0.1, -0.05) is 20.8 Å². The number of carbonyl (C=O) groups is 2. The maximum Gasteiger partial charge on any atom is 0.302 e. The van der Waals surface area contributed by atoms with Crippen LogP contribution >= 0.6 is 0 Å². The van der Waals surface area contributed by atoms with Gasteiger partial charge in [-0.05, 0) is 105 Å². The summed E-state index contributed by atoms with van der Waals surface area (Å²) in [5.41, 5.74) is -0.663. The molecule has 6 fully saturated rings. The van der Waals surface area contributed by atoms with Gasteiger partial charge in [-0.3, -0.25) is 14.5 Å². The molecule has 0 bridgehead atoms. The molecule has 1 N–H and O–H groups in total. The molecule has 13 unspecified atom stereocenters. The van der Waals surface area contributed by atoms with Crippen LogP contribution in [0, 0.1) is 52.8 Å². The number of hydrogen-bond acceptors (Lipinski definition) is 6. The number of piperidine rings is 2. The van der Waals surface area contributed by atoms with Gasteiger partial charge in [0.1, 0.15) is 12.2 Å². The van der Waals surface area contributed by atoms with E-state index in [1.54, 1.807) is 0 Å². The number of aliphatic hydroxyl groups is 1. The van der Waals surface area contributed by atoms with Gasteiger partial charge in [0.05, 0.1) is 5.60 Å². The number of rotatable bonds is 2. The second-order valence-corrected chi connectivity index (χ2v) is 14.5. The minimum Gasteiger partial charge on any atom is -0.463 e. The van der Waals surface area contributed by atoms with Crippen LogP contribution in [-0.4, -0.2) is 58.9 Å². The molecule has 13 atom stereocenters. The van der Waals surface area contributed by atoms with E-state index in [-0.39, 0.29) is 41.4 Å². The van der Waals surface area contributed by atoms with Crippen molar-refractivity contribution in [1.29, 1.82) is 0 Å². The number of nitrogens with zero attached hydrogens (tertiary/aromatic N) is 1. The third kappa shape index (κ3) is 4.10. The van der Waals surface area contributed by atoms with Crippen LogP contribution in [0.3, 0.4) is 0 Å². The van der Waals surface area contributed by atoms with E-state index in [1.807, 2.05) is 0 Å². The first-order valence-electron chi connectivity index (χ1n) is 15.3. The molecule has 0 radical (unpaired) electrons. The Balaban J connectivity index is 1.30. The lowest BCUT2D eigenvalue weighted by molar-refractivity contribution is -0.195. The second-order valence-electron chi connectivity index (χ2n) is 14.5. The summed E-state index contributed by atoms with van der Waals surface area (Å²) >= 11 is 0. The van der Waals surface area contributed by atoms with E-state index in [4.69, 9.17) is 9.47 Å². The summed E-state index contributed by atoms with van der Waals surface area (Å²) in [6, 6.07) is 0.721. The second kappa shape index (κ2) is 9.21. The Hall–Kier alpha value is -1.14. The van der Waals surface area contributed by atoms with Gasteiger partial charge in [0.25, 0.3) is 0 Å². The maximum atomic E-state index is 12.6. The summed E-state index contributed by atoms with van der Waals surface area (Å²) in [6.45, 7) is 12.7. The fourth-order valence-electron chi connectivity index (χ4n) is 11.2. The third-order valence-electron chi connectivity index (χ3n) is 12.7. The van der Waals surface area contributed by atoms with E-state index in [0.29, 0.717) is 29.6 Å². The van der Waals surface area contributed by atoms with Gasteiger partial charge in [-0.15, -0.1) is 0 Å². The molecule has 6 aliphatic rings. The Morgan fingerprint density at radius 2 is 1.57 bits per heavy atom. The summed E-state index contributed by atoms with van der Waals surface area (Å²) in [4.78, 5) is 26.8. The van der Waals surface area contributed by atoms with Crippen LogP contribution in [0.15, 0.2) is 0 Å². The van der Waals surface area contributed by atoms with Crippen LogP contribution in [-0.2, 0) is 19.1 Å². The van der Waals surface area contributed by atoms with Crippen molar-refractivity contribution in [2.24, 2.45) is 52.8 Å². The van der Waals surface area contributed by atoms with Gasteiger partial charge < -0.3 is 14.6 Å². The molecule has 37 heavy (non-hydrogen) atoms. The molecule has 0 spiro atoms. The summed E-state index contributed by atoms with van der Waals surface area (Å²) in [7, 11) is 0. The standard InChI is InChI=1S/C31H49NO5/c1-17-6-7-28-18(2)22-9-11-31(35)24(23(22)16-32(28)15-17)13-25-26(31)14-29(37-20(4)34)27-12-21(36-19(3)33)8-10-30(25,27)5/h17-18,21-29,35H,6-16H2,1-5H3. The fraction of sp³-hybridized carbons (Fsp3) is 0.935. The molecule has 2 aliphatic heterocycles. The van der Waals surface area contributed by atoms with Gasteiger partial charge >= 0.3 is 11.9 Å². The largest absolute Gasteiger partial charge is 0.463 e. The highest BCUT2D eigenvalue weighted by atomic mass is 16.5. The molecule has 0 aromatic carbocycles. The van der Waals surface area contributed by atoms with Crippen LogP contribution in [0.25, 0.3) is 0 Å². The number of ether oxygens (including phenoxy) is 2. The van der Waals surface area contributed by atoms with Crippen molar-refractivity contribution in [3.05, 3.63) is 0 Å². The van der Waals surface area contributed by atoms with E-state index in [9.17, 15) is 14.7 Å². The van der Waals surface area contributed by atoms with Gasteiger partial charge in [-0.25, -0.2) is 0 Å². The first-order chi connectivity index (χ1) is 17.5. The minimum absolute atomic E-state index is 0.00922. The van der Waals surface area contributed by atoms with Crippen molar-refractivity contribution < 1.29 is 24.2 Å². The lowest BCUT2D eigenvalue weighted by Crippen LogP contribution is -2.62. The highest BCUT2D eigenvalue weighted by Crippen LogP contribution is 2.68. The van der Waals surface area contributed by atoms with E-state index < -0.39 is 5.60 Å². The summed E-state index contributed by atoms with van der Waals surface area (Å²) in [6.07, 6.45) is 8.85. The van der Waals surface area contributed by atoms with Crippen LogP contribution < -0.4 is 0 Å². The molecular formula is C31H49NO5. The van der Waals surface area contributed by atoms with Crippen molar-refractivity contribution in [1.82, 2.24) is 4.90 Å². The van der Waals surface area contributed by atoms with Gasteiger partial charge in [0, 0.05) is 38.9 Å². The van der Waals surface area contributed by atoms with Crippen LogP contribution in [0.5, 0.6) is 0 Å². The highest BCUT2D eigenvalue weighted by molar-refractivity contribution is 5.66. The summed E-state index contributed by atoms with van der Waals surface area (Å²) < 4.78 is 11.7. The average Bonchev–Trinajstić information content (AvgIpc) is 3.13. The first kappa shape index (κ1) is 26.1. The molecule has 4 saturated carbocycles. The molecule has 0 aromatic heterocycles. The Morgan fingerprint density at radius 3 is 2.30 bits per heavy atom. The SMILES string of the molecule is CC(=O)OC1CCC2(C)C(C1)C(OC(C)=O)CC1C2CC2C3CN4CC(C)CCC4C(C)C3CCC21O. The Labute approximate surface area is 223 Å². The quantitative estimate of drug-likeness (QED) is 0.532. The smallest absolute Gasteiger partial charge is 0.302 e. The molecule has 4 aliphatic carbocycles. The molecule has 6 heteroatoms. The number of fused-ring (bicyclic) bond motifs is 8. The van der Waals surface area contributed by atoms with Crippen LogP contribution in [0.1, 0.15) is 92.4 Å².